The summed E-state index contributed by atoms with van der Waals surface area (Å²) < 4.78 is 2.43. The molecule has 0 bridgehead atoms. The molecular weight excluding hydrogens is 690 g/mol. The SMILES string of the molecule is CC1=Cc2c(Br)cc(N(C)C)cc2[CH]1[Zr]([Cl])([Cl])([CH]1C(C)=Cc2c(Br)cc(N(C)C)cc21)[SiH](C)C. The van der Waals surface area contributed by atoms with Gasteiger partial charge in [0, 0.05) is 0 Å². The number of hydrogen-bond acceptors (Lipinski definition) is 2. The van der Waals surface area contributed by atoms with Crippen molar-refractivity contribution in [3.63, 3.8) is 0 Å². The predicted molar refractivity (Wildman–Crippen MR) is 160 cm³/mol. The molecule has 8 heteroatoms. The Kier molecular flexibility index (Phi) is 7.34. The normalized spacial score (nSPS) is 20.4. The van der Waals surface area contributed by atoms with Gasteiger partial charge in [-0.25, -0.2) is 0 Å². The van der Waals surface area contributed by atoms with E-state index >= 15 is 0 Å². The van der Waals surface area contributed by atoms with Crippen LogP contribution in [-0.2, 0) is 15.6 Å². The van der Waals surface area contributed by atoms with Crippen LogP contribution >= 0.6 is 48.9 Å². The van der Waals surface area contributed by atoms with E-state index in [0.29, 0.717) is 0 Å². The van der Waals surface area contributed by atoms with E-state index in [0.717, 1.165) is 8.95 Å². The summed E-state index contributed by atoms with van der Waals surface area (Å²) in [5.41, 5.74) is 10.1. The van der Waals surface area contributed by atoms with Crippen LogP contribution in [-0.4, -0.2) is 34.1 Å². The molecule has 0 N–H and O–H groups in total. The van der Waals surface area contributed by atoms with Crippen molar-refractivity contribution < 1.29 is 15.6 Å². The van der Waals surface area contributed by atoms with Crippen molar-refractivity contribution in [1.29, 1.82) is 0 Å². The molecule has 2 aliphatic rings. The van der Waals surface area contributed by atoms with Gasteiger partial charge < -0.3 is 0 Å². The van der Waals surface area contributed by atoms with Crippen LogP contribution < -0.4 is 9.80 Å². The second-order valence-electron chi connectivity index (χ2n) is 10.7. The Hall–Kier alpha value is 0.160. The molecule has 0 heterocycles. The minimum atomic E-state index is -4.61. The van der Waals surface area contributed by atoms with E-state index in [1.807, 2.05) is 0 Å². The van der Waals surface area contributed by atoms with Crippen LogP contribution in [0, 0.1) is 0 Å². The van der Waals surface area contributed by atoms with Gasteiger partial charge in [0.15, 0.2) is 0 Å². The van der Waals surface area contributed by atoms with E-state index in [4.69, 9.17) is 17.0 Å². The summed E-state index contributed by atoms with van der Waals surface area (Å²) in [5.74, 6) is -1.53. The van der Waals surface area contributed by atoms with Crippen LogP contribution in [0.5, 0.6) is 0 Å². The summed E-state index contributed by atoms with van der Waals surface area (Å²) in [4.78, 5) is 4.32. The van der Waals surface area contributed by atoms with Crippen molar-refractivity contribution in [2.24, 2.45) is 0 Å². The molecular formula is C26H33Br2Cl2N2SiZr. The van der Waals surface area contributed by atoms with Crippen molar-refractivity contribution >= 4 is 78.3 Å². The zero-order valence-electron chi connectivity index (χ0n) is 21.1. The molecule has 0 aromatic heterocycles. The molecule has 2 nitrogen and oxygen atoms in total. The third-order valence-electron chi connectivity index (χ3n) is 7.81. The Bertz CT molecular complexity index is 1160. The van der Waals surface area contributed by atoms with Gasteiger partial charge in [0.2, 0.25) is 0 Å². The summed E-state index contributed by atoms with van der Waals surface area (Å²) in [6.07, 6.45) is 4.64. The van der Waals surface area contributed by atoms with Gasteiger partial charge in [-0.15, -0.1) is 0 Å². The monoisotopic (exact) mass is 719 g/mol. The molecule has 2 aromatic carbocycles. The summed E-state index contributed by atoms with van der Waals surface area (Å²) in [6, 6.07) is 9.04. The third kappa shape index (κ3) is 4.02. The molecule has 183 valence electrons. The fourth-order valence-electron chi connectivity index (χ4n) is 5.96. The van der Waals surface area contributed by atoms with Gasteiger partial charge in [-0.05, 0) is 0 Å². The standard InChI is InChI=1S/2C12H13BrN.C2H7Si.2ClH.Zr/c2*1-8-4-9-6-10(14(2)3)7-12(13)11(9)5-8;1-3-2;;;/h2*4-7H,1-3H3;3H,1-2H3;2*1H;/q;;;;;+2/p-2. The van der Waals surface area contributed by atoms with E-state index in [-0.39, 0.29) is 7.25 Å². The third-order valence-corrected chi connectivity index (χ3v) is 61.4. The van der Waals surface area contributed by atoms with Gasteiger partial charge >= 0.3 is 233 Å². The number of rotatable bonds is 5. The van der Waals surface area contributed by atoms with Crippen LogP contribution in [0.2, 0.25) is 13.1 Å². The number of benzene rings is 2. The molecule has 0 saturated carbocycles. The number of halogens is 4. The van der Waals surface area contributed by atoms with Crippen molar-refractivity contribution in [2.45, 2.75) is 34.2 Å². The Morgan fingerprint density at radius 3 is 1.38 bits per heavy atom. The zero-order valence-corrected chi connectivity index (χ0v) is 29.4. The molecule has 0 saturated heterocycles. The Labute approximate surface area is 230 Å². The average Bonchev–Trinajstić information content (AvgIpc) is 3.25. The van der Waals surface area contributed by atoms with Gasteiger partial charge in [0.1, 0.15) is 0 Å². The molecule has 4 rings (SSSR count). The van der Waals surface area contributed by atoms with Gasteiger partial charge in [-0.3, -0.25) is 0 Å². The minimum absolute atomic E-state index is 0.101. The van der Waals surface area contributed by atoms with Gasteiger partial charge in [-0.1, -0.05) is 0 Å². The van der Waals surface area contributed by atoms with Crippen molar-refractivity contribution in [2.75, 3.05) is 38.0 Å². The first-order valence-electron chi connectivity index (χ1n) is 11.6. The molecule has 2 unspecified atom stereocenters. The van der Waals surface area contributed by atoms with Crippen molar-refractivity contribution in [3.05, 3.63) is 66.6 Å². The first kappa shape index (κ1) is 27.2. The van der Waals surface area contributed by atoms with Crippen LogP contribution in [0.15, 0.2) is 44.4 Å². The van der Waals surface area contributed by atoms with Crippen LogP contribution in [0.3, 0.4) is 0 Å². The predicted octanol–water partition coefficient (Wildman–Crippen LogP) is 8.94. The first-order valence-corrected chi connectivity index (χ1v) is 29.5. The Morgan fingerprint density at radius 1 is 0.735 bits per heavy atom. The van der Waals surface area contributed by atoms with Crippen LogP contribution in [0.1, 0.15) is 43.4 Å². The fraction of sp³-hybridized carbons (Fsp3) is 0.385. The number of hydrogen-bond donors (Lipinski definition) is 0. The van der Waals surface area contributed by atoms with Gasteiger partial charge in [0.05, 0.1) is 0 Å². The van der Waals surface area contributed by atoms with E-state index in [1.165, 1.54) is 44.8 Å². The average molecular weight is 724 g/mol. The van der Waals surface area contributed by atoms with Gasteiger partial charge in [-0.2, -0.15) is 0 Å². The van der Waals surface area contributed by atoms with Crippen LogP contribution in [0.4, 0.5) is 11.4 Å². The molecule has 2 aliphatic carbocycles. The molecule has 0 radical (unpaired) electrons. The molecule has 0 spiro atoms. The fourth-order valence-corrected chi connectivity index (χ4v) is 40.0. The number of nitrogens with zero attached hydrogens (tertiary/aromatic N) is 2. The van der Waals surface area contributed by atoms with E-state index in [1.54, 1.807) is 0 Å². The van der Waals surface area contributed by atoms with Crippen LogP contribution in [0.25, 0.3) is 12.2 Å². The molecule has 0 aliphatic heterocycles. The first-order chi connectivity index (χ1) is 15.7. The molecule has 2 atom stereocenters. The van der Waals surface area contributed by atoms with Crippen molar-refractivity contribution in [3.8, 4) is 0 Å². The molecule has 2 aromatic rings. The number of fused-ring (bicyclic) bond motifs is 2. The van der Waals surface area contributed by atoms with Gasteiger partial charge in [0.25, 0.3) is 0 Å². The Balaban J connectivity index is 2.02. The summed E-state index contributed by atoms with van der Waals surface area (Å²) in [7, 11) is 24.9. The summed E-state index contributed by atoms with van der Waals surface area (Å²) >= 11 is 3.10. The summed E-state index contributed by atoms with van der Waals surface area (Å²) in [6.45, 7) is 9.25. The second-order valence-corrected chi connectivity index (χ2v) is 54.9. The Morgan fingerprint density at radius 2 is 1.09 bits per heavy atom. The number of anilines is 2. The van der Waals surface area contributed by atoms with E-state index in [9.17, 15) is 0 Å². The van der Waals surface area contributed by atoms with E-state index < -0.39 is 21.5 Å². The topological polar surface area (TPSA) is 6.48 Å². The zero-order chi connectivity index (χ0) is 25.4. The molecule has 0 amide bonds. The molecule has 34 heavy (non-hydrogen) atoms. The second kappa shape index (κ2) is 9.17. The van der Waals surface area contributed by atoms with E-state index in [2.05, 4.69) is 133 Å². The quantitative estimate of drug-likeness (QED) is 0.285. The maximum absolute atomic E-state index is 8.25. The number of allylic oxidation sites excluding steroid dienone is 2. The van der Waals surface area contributed by atoms with Crippen molar-refractivity contribution in [1.82, 2.24) is 0 Å². The summed E-state index contributed by atoms with van der Waals surface area (Å²) in [5, 5.41) is 0. The maximum atomic E-state index is 8.25. The molecule has 0 fully saturated rings.